The minimum Gasteiger partial charge on any atom is -0.397 e. The molecule has 0 radical (unpaired) electrons. The fraction of sp³-hybridized carbons (Fsp3) is 0.625. The summed E-state index contributed by atoms with van der Waals surface area (Å²) >= 11 is 0. The molecule has 2 aliphatic rings. The van der Waals surface area contributed by atoms with E-state index in [9.17, 15) is 0 Å². The summed E-state index contributed by atoms with van der Waals surface area (Å²) in [6, 6.07) is 10.9. The van der Waals surface area contributed by atoms with Gasteiger partial charge in [0.1, 0.15) is 0 Å². The van der Waals surface area contributed by atoms with Gasteiger partial charge in [-0.25, -0.2) is 0 Å². The van der Waals surface area contributed by atoms with E-state index in [1.54, 1.807) is 0 Å². The number of benzene rings is 1. The Morgan fingerprint density at radius 2 is 1.63 bits per heavy atom. The summed E-state index contributed by atoms with van der Waals surface area (Å²) in [7, 11) is 1.74. The third-order valence-corrected chi connectivity index (χ3v) is 10.0. The predicted octanol–water partition coefficient (Wildman–Crippen LogP) is 4.22. The van der Waals surface area contributed by atoms with Crippen molar-refractivity contribution in [2.45, 2.75) is 49.1 Å². The lowest BCUT2D eigenvalue weighted by molar-refractivity contribution is 0.168. The molecule has 1 aromatic carbocycles. The summed E-state index contributed by atoms with van der Waals surface area (Å²) in [5.74, 6) is 0.661. The van der Waals surface area contributed by atoms with E-state index in [1.807, 2.05) is 14.2 Å². The van der Waals surface area contributed by atoms with Crippen LogP contribution in [0.2, 0.25) is 11.1 Å². The van der Waals surface area contributed by atoms with E-state index in [0.717, 1.165) is 5.54 Å². The van der Waals surface area contributed by atoms with Gasteiger partial charge in [0.05, 0.1) is 0 Å². The van der Waals surface area contributed by atoms with Gasteiger partial charge in [-0.15, -0.1) is 0 Å². The third kappa shape index (κ3) is 2.08. The topological polar surface area (TPSA) is 18.5 Å². The molecule has 0 aromatic heterocycles. The molecule has 0 bridgehead atoms. The Morgan fingerprint density at radius 1 is 0.947 bits per heavy atom. The molecule has 0 amide bonds. The van der Waals surface area contributed by atoms with Crippen molar-refractivity contribution in [2.24, 2.45) is 0 Å². The first-order chi connectivity index (χ1) is 9.31. The van der Waals surface area contributed by atoms with Crippen molar-refractivity contribution < 1.29 is 8.85 Å². The maximum absolute atomic E-state index is 6.06. The summed E-state index contributed by atoms with van der Waals surface area (Å²) < 4.78 is 12.1. The first-order valence-corrected chi connectivity index (χ1v) is 9.44. The molecule has 2 unspecified atom stereocenters. The van der Waals surface area contributed by atoms with Crippen LogP contribution in [-0.4, -0.2) is 22.8 Å². The molecule has 0 aliphatic heterocycles. The monoisotopic (exact) mass is 276 g/mol. The summed E-state index contributed by atoms with van der Waals surface area (Å²) in [5.41, 5.74) is 2.85. The van der Waals surface area contributed by atoms with Crippen molar-refractivity contribution in [1.82, 2.24) is 0 Å². The quantitative estimate of drug-likeness (QED) is 0.750. The second-order valence-electron chi connectivity index (χ2n) is 5.96. The highest BCUT2D eigenvalue weighted by molar-refractivity contribution is 6.71. The summed E-state index contributed by atoms with van der Waals surface area (Å²) in [6.07, 6.45) is 6.56. The lowest BCUT2D eigenvalue weighted by Crippen LogP contribution is -2.55. The maximum atomic E-state index is 6.06. The predicted molar refractivity (Wildman–Crippen MR) is 79.5 cm³/mol. The van der Waals surface area contributed by atoms with Crippen LogP contribution in [0.1, 0.15) is 43.6 Å². The third-order valence-electron chi connectivity index (χ3n) is 5.33. The van der Waals surface area contributed by atoms with Gasteiger partial charge in [-0.1, -0.05) is 36.8 Å². The molecular formula is C16H24O2Si. The standard InChI is InChI=1S/C16H24O2Si/c1-17-19(18-2,14-9-6-10-14)16-12-11-15(16)13-7-4-3-5-8-13/h3-5,7-8,14-16H,6,9-12H2,1-2H3. The van der Waals surface area contributed by atoms with Gasteiger partial charge in [0.25, 0.3) is 0 Å². The molecule has 3 rings (SSSR count). The van der Waals surface area contributed by atoms with E-state index in [-0.39, 0.29) is 0 Å². The van der Waals surface area contributed by atoms with E-state index in [4.69, 9.17) is 8.85 Å². The van der Waals surface area contributed by atoms with Crippen LogP contribution in [-0.2, 0) is 8.85 Å². The van der Waals surface area contributed by atoms with Gasteiger partial charge in [0.15, 0.2) is 0 Å². The van der Waals surface area contributed by atoms with Crippen molar-refractivity contribution in [3.63, 3.8) is 0 Å². The SMILES string of the molecule is CO[Si](OC)(C1CCC1)C1CCC1c1ccccc1. The van der Waals surface area contributed by atoms with Crippen LogP contribution in [0.5, 0.6) is 0 Å². The highest BCUT2D eigenvalue weighted by Gasteiger charge is 2.58. The normalized spacial score (nSPS) is 27.7. The van der Waals surface area contributed by atoms with Crippen LogP contribution < -0.4 is 0 Å². The van der Waals surface area contributed by atoms with E-state index in [1.165, 1.54) is 37.7 Å². The summed E-state index contributed by atoms with van der Waals surface area (Å²) in [4.78, 5) is 0. The molecule has 2 atom stereocenters. The minimum atomic E-state index is -2.02. The van der Waals surface area contributed by atoms with E-state index in [2.05, 4.69) is 30.3 Å². The summed E-state index contributed by atoms with van der Waals surface area (Å²) in [6.45, 7) is 0. The Morgan fingerprint density at radius 3 is 2.05 bits per heavy atom. The molecule has 2 saturated carbocycles. The van der Waals surface area contributed by atoms with Crippen LogP contribution in [0.3, 0.4) is 0 Å². The molecule has 2 aliphatic carbocycles. The molecule has 2 fully saturated rings. The Balaban J connectivity index is 1.83. The van der Waals surface area contributed by atoms with E-state index in [0.29, 0.717) is 11.5 Å². The van der Waals surface area contributed by atoms with E-state index >= 15 is 0 Å². The molecule has 104 valence electrons. The van der Waals surface area contributed by atoms with Crippen LogP contribution in [0.15, 0.2) is 30.3 Å². The highest BCUT2D eigenvalue weighted by atomic mass is 28.4. The van der Waals surface area contributed by atoms with Crippen LogP contribution in [0.4, 0.5) is 0 Å². The molecular weight excluding hydrogens is 252 g/mol. The molecule has 0 N–H and O–H groups in total. The van der Waals surface area contributed by atoms with Crippen molar-refractivity contribution >= 4 is 8.56 Å². The van der Waals surface area contributed by atoms with Gasteiger partial charge >= 0.3 is 8.56 Å². The van der Waals surface area contributed by atoms with Gasteiger partial charge in [-0.2, -0.15) is 0 Å². The smallest absolute Gasteiger partial charge is 0.344 e. The van der Waals surface area contributed by atoms with Crippen LogP contribution >= 0.6 is 0 Å². The second-order valence-corrected chi connectivity index (χ2v) is 9.78. The fourth-order valence-corrected chi connectivity index (χ4v) is 8.66. The first-order valence-electron chi connectivity index (χ1n) is 7.47. The van der Waals surface area contributed by atoms with Gasteiger partial charge < -0.3 is 8.85 Å². The van der Waals surface area contributed by atoms with Gasteiger partial charge in [-0.05, 0) is 37.2 Å². The Kier molecular flexibility index (Phi) is 3.78. The van der Waals surface area contributed by atoms with Gasteiger partial charge in [0.2, 0.25) is 0 Å². The Bertz CT molecular complexity index is 412. The van der Waals surface area contributed by atoms with Crippen molar-refractivity contribution in [3.05, 3.63) is 35.9 Å². The lowest BCUT2D eigenvalue weighted by atomic mass is 9.79. The first kappa shape index (κ1) is 13.3. The molecule has 1 aromatic rings. The van der Waals surface area contributed by atoms with Crippen LogP contribution in [0.25, 0.3) is 0 Å². The zero-order valence-corrected chi connectivity index (χ0v) is 13.0. The minimum absolute atomic E-state index is 0.648. The number of hydrogen-bond donors (Lipinski definition) is 0. The van der Waals surface area contributed by atoms with Crippen molar-refractivity contribution in [3.8, 4) is 0 Å². The van der Waals surface area contributed by atoms with Gasteiger partial charge in [0, 0.05) is 25.3 Å². The summed E-state index contributed by atoms with van der Waals surface area (Å²) in [5, 5.41) is 0. The highest BCUT2D eigenvalue weighted by Crippen LogP contribution is 2.59. The zero-order chi connectivity index (χ0) is 13.3. The van der Waals surface area contributed by atoms with Gasteiger partial charge in [-0.3, -0.25) is 0 Å². The molecule has 19 heavy (non-hydrogen) atoms. The van der Waals surface area contributed by atoms with Crippen molar-refractivity contribution in [1.29, 1.82) is 0 Å². The molecule has 0 saturated heterocycles. The molecule has 2 nitrogen and oxygen atoms in total. The molecule has 0 spiro atoms. The average Bonchev–Trinajstić information content (AvgIpc) is 2.35. The largest absolute Gasteiger partial charge is 0.397 e. The second kappa shape index (κ2) is 5.39. The fourth-order valence-electron chi connectivity index (χ4n) is 3.91. The number of hydrogen-bond acceptors (Lipinski definition) is 2. The van der Waals surface area contributed by atoms with Crippen LogP contribution in [0, 0.1) is 0 Å². The van der Waals surface area contributed by atoms with E-state index < -0.39 is 8.56 Å². The Labute approximate surface area is 117 Å². The molecule has 3 heteroatoms. The molecule has 0 heterocycles. The zero-order valence-electron chi connectivity index (χ0n) is 12.0. The Hall–Kier alpha value is -0.643. The van der Waals surface area contributed by atoms with Crippen molar-refractivity contribution in [2.75, 3.05) is 14.2 Å². The maximum Gasteiger partial charge on any atom is 0.344 e. The lowest BCUT2D eigenvalue weighted by Gasteiger charge is -2.51. The number of rotatable bonds is 5. The average molecular weight is 276 g/mol.